The van der Waals surface area contributed by atoms with Crippen molar-refractivity contribution in [3.63, 3.8) is 0 Å². The van der Waals surface area contributed by atoms with Crippen molar-refractivity contribution >= 4 is 11.9 Å². The fourth-order valence-electron chi connectivity index (χ4n) is 1.89. The van der Waals surface area contributed by atoms with E-state index < -0.39 is 11.9 Å². The Kier molecular flexibility index (Phi) is 4.73. The number of methoxy groups -OCH3 is 1. The van der Waals surface area contributed by atoms with Crippen molar-refractivity contribution in [2.75, 3.05) is 7.11 Å². The largest absolute Gasteiger partial charge is 0.465 e. The van der Waals surface area contributed by atoms with Crippen molar-refractivity contribution in [1.82, 2.24) is 0 Å². The Labute approximate surface area is 129 Å². The molecule has 0 saturated carbocycles. The average molecular weight is 296 g/mol. The summed E-state index contributed by atoms with van der Waals surface area (Å²) in [6, 6.07) is 14.3. The van der Waals surface area contributed by atoms with Crippen LogP contribution in [0.4, 0.5) is 0 Å². The van der Waals surface area contributed by atoms with E-state index >= 15 is 0 Å². The van der Waals surface area contributed by atoms with Gasteiger partial charge < -0.3 is 9.47 Å². The predicted octanol–water partition coefficient (Wildman–Crippen LogP) is 3.62. The summed E-state index contributed by atoms with van der Waals surface area (Å²) in [6.07, 6.45) is 0. The number of carbonyl (C=O) groups excluding carboxylic acids is 2. The number of rotatable bonds is 4. The molecule has 0 unspecified atom stereocenters. The molecule has 4 heteroatoms. The molecule has 2 aromatic rings. The van der Waals surface area contributed by atoms with E-state index in [0.717, 1.165) is 5.56 Å². The Morgan fingerprint density at radius 2 is 1.73 bits per heavy atom. The Morgan fingerprint density at radius 3 is 2.32 bits per heavy atom. The second-order valence-corrected chi connectivity index (χ2v) is 4.74. The third kappa shape index (κ3) is 3.41. The fraction of sp³-hybridized carbons (Fsp3) is 0.111. The topological polar surface area (TPSA) is 52.6 Å². The van der Waals surface area contributed by atoms with Crippen molar-refractivity contribution in [3.8, 4) is 16.9 Å². The van der Waals surface area contributed by atoms with Crippen molar-refractivity contribution in [3.05, 3.63) is 66.2 Å². The lowest BCUT2D eigenvalue weighted by Gasteiger charge is -2.12. The fourth-order valence-corrected chi connectivity index (χ4v) is 1.89. The molecular weight excluding hydrogens is 280 g/mol. The van der Waals surface area contributed by atoms with E-state index in [9.17, 15) is 9.59 Å². The minimum absolute atomic E-state index is 0.280. The van der Waals surface area contributed by atoms with Gasteiger partial charge in [-0.3, -0.25) is 0 Å². The molecule has 0 aliphatic heterocycles. The highest BCUT2D eigenvalue weighted by atomic mass is 16.5. The molecule has 0 radical (unpaired) electrons. The Hall–Kier alpha value is -2.88. The summed E-state index contributed by atoms with van der Waals surface area (Å²) in [5, 5.41) is 0. The molecule has 0 aromatic heterocycles. The first kappa shape index (κ1) is 15.5. The molecule has 0 aliphatic rings. The summed E-state index contributed by atoms with van der Waals surface area (Å²) in [7, 11) is 1.30. The lowest BCUT2D eigenvalue weighted by atomic mass is 10.0. The third-order valence-electron chi connectivity index (χ3n) is 3.04. The standard InChI is InChI=1S/C18H16O4/c1-12(2)17(19)22-16-11-14(18(20)21-3)9-10-15(16)13-7-5-4-6-8-13/h4-11H,1H2,2-3H3. The van der Waals surface area contributed by atoms with E-state index in [4.69, 9.17) is 9.47 Å². The summed E-state index contributed by atoms with van der Waals surface area (Å²) in [5.41, 5.74) is 2.18. The normalized spacial score (nSPS) is 9.91. The first-order chi connectivity index (χ1) is 10.5. The van der Waals surface area contributed by atoms with Crippen LogP contribution in [0.25, 0.3) is 11.1 Å². The first-order valence-electron chi connectivity index (χ1n) is 6.68. The van der Waals surface area contributed by atoms with Gasteiger partial charge in [-0.2, -0.15) is 0 Å². The van der Waals surface area contributed by atoms with Crippen LogP contribution >= 0.6 is 0 Å². The smallest absolute Gasteiger partial charge is 0.338 e. The van der Waals surface area contributed by atoms with Gasteiger partial charge in [0.1, 0.15) is 5.75 Å². The Morgan fingerprint density at radius 1 is 1.05 bits per heavy atom. The molecule has 4 nitrogen and oxygen atoms in total. The van der Waals surface area contributed by atoms with Gasteiger partial charge in [0, 0.05) is 11.1 Å². The van der Waals surface area contributed by atoms with Crippen molar-refractivity contribution in [2.45, 2.75) is 6.92 Å². The molecule has 0 amide bonds. The quantitative estimate of drug-likeness (QED) is 0.491. The van der Waals surface area contributed by atoms with Crippen molar-refractivity contribution in [2.24, 2.45) is 0 Å². The van der Waals surface area contributed by atoms with E-state index in [1.807, 2.05) is 30.3 Å². The van der Waals surface area contributed by atoms with E-state index in [0.29, 0.717) is 16.9 Å². The molecule has 0 fully saturated rings. The SMILES string of the molecule is C=C(C)C(=O)Oc1cc(C(=O)OC)ccc1-c1ccccc1. The number of hydrogen-bond donors (Lipinski definition) is 0. The average Bonchev–Trinajstić information content (AvgIpc) is 2.54. The van der Waals surface area contributed by atoms with Crippen LogP contribution < -0.4 is 4.74 Å². The second-order valence-electron chi connectivity index (χ2n) is 4.74. The number of carbonyl (C=O) groups is 2. The zero-order valence-electron chi connectivity index (χ0n) is 12.5. The number of esters is 2. The van der Waals surface area contributed by atoms with Gasteiger partial charge in [-0.05, 0) is 30.7 Å². The summed E-state index contributed by atoms with van der Waals surface area (Å²) in [6.45, 7) is 5.13. The highest BCUT2D eigenvalue weighted by Crippen LogP contribution is 2.31. The van der Waals surface area contributed by atoms with Crippen molar-refractivity contribution in [1.29, 1.82) is 0 Å². The van der Waals surface area contributed by atoms with Crippen LogP contribution in [0.3, 0.4) is 0 Å². The lowest BCUT2D eigenvalue weighted by molar-refractivity contribution is -0.130. The first-order valence-corrected chi connectivity index (χ1v) is 6.68. The molecule has 0 aliphatic carbocycles. The highest BCUT2D eigenvalue weighted by Gasteiger charge is 2.15. The van der Waals surface area contributed by atoms with Gasteiger partial charge in [0.2, 0.25) is 0 Å². The zero-order chi connectivity index (χ0) is 16.1. The number of ether oxygens (including phenoxy) is 2. The van der Waals surface area contributed by atoms with Crippen LogP contribution in [0.1, 0.15) is 17.3 Å². The second kappa shape index (κ2) is 6.72. The molecule has 0 bridgehead atoms. The van der Waals surface area contributed by atoms with Crippen LogP contribution in [0.5, 0.6) is 5.75 Å². The van der Waals surface area contributed by atoms with Crippen LogP contribution in [-0.2, 0) is 9.53 Å². The van der Waals surface area contributed by atoms with E-state index in [1.165, 1.54) is 13.2 Å². The molecule has 0 N–H and O–H groups in total. The number of hydrogen-bond acceptors (Lipinski definition) is 4. The Balaban J connectivity index is 2.50. The van der Waals surface area contributed by atoms with E-state index in [1.54, 1.807) is 19.1 Å². The van der Waals surface area contributed by atoms with Gasteiger partial charge in [-0.25, -0.2) is 9.59 Å². The maximum atomic E-state index is 11.8. The summed E-state index contributed by atoms with van der Waals surface area (Å²) >= 11 is 0. The molecule has 0 heterocycles. The minimum atomic E-state index is -0.542. The monoisotopic (exact) mass is 296 g/mol. The molecule has 112 valence electrons. The summed E-state index contributed by atoms with van der Waals surface area (Å²) < 4.78 is 10.0. The zero-order valence-corrected chi connectivity index (χ0v) is 12.5. The molecular formula is C18H16O4. The maximum Gasteiger partial charge on any atom is 0.338 e. The molecule has 2 aromatic carbocycles. The lowest BCUT2D eigenvalue weighted by Crippen LogP contribution is -2.10. The molecule has 2 rings (SSSR count). The van der Waals surface area contributed by atoms with Crippen molar-refractivity contribution < 1.29 is 19.1 Å². The predicted molar refractivity (Wildman–Crippen MR) is 83.7 cm³/mol. The van der Waals surface area contributed by atoms with Gasteiger partial charge in [-0.1, -0.05) is 36.9 Å². The maximum absolute atomic E-state index is 11.8. The van der Waals surface area contributed by atoms with Crippen LogP contribution in [-0.4, -0.2) is 19.0 Å². The minimum Gasteiger partial charge on any atom is -0.465 e. The molecule has 0 atom stereocenters. The molecule has 22 heavy (non-hydrogen) atoms. The Bertz CT molecular complexity index is 717. The van der Waals surface area contributed by atoms with Crippen LogP contribution in [0.2, 0.25) is 0 Å². The van der Waals surface area contributed by atoms with Gasteiger partial charge >= 0.3 is 11.9 Å². The molecule has 0 spiro atoms. The van der Waals surface area contributed by atoms with Gasteiger partial charge in [-0.15, -0.1) is 0 Å². The van der Waals surface area contributed by atoms with Gasteiger partial charge in [0.25, 0.3) is 0 Å². The van der Waals surface area contributed by atoms with E-state index in [-0.39, 0.29) is 5.57 Å². The third-order valence-corrected chi connectivity index (χ3v) is 3.04. The highest BCUT2D eigenvalue weighted by molar-refractivity contribution is 5.93. The van der Waals surface area contributed by atoms with Crippen LogP contribution in [0, 0.1) is 0 Å². The van der Waals surface area contributed by atoms with E-state index in [2.05, 4.69) is 6.58 Å². The number of benzene rings is 2. The molecule has 0 saturated heterocycles. The summed E-state index contributed by atoms with van der Waals surface area (Å²) in [4.78, 5) is 23.5. The summed E-state index contributed by atoms with van der Waals surface area (Å²) in [5.74, 6) is -0.742. The van der Waals surface area contributed by atoms with Crippen LogP contribution in [0.15, 0.2) is 60.7 Å². The van der Waals surface area contributed by atoms with Gasteiger partial charge in [0.05, 0.1) is 12.7 Å². The van der Waals surface area contributed by atoms with Gasteiger partial charge in [0.15, 0.2) is 0 Å².